The fourth-order valence-electron chi connectivity index (χ4n) is 4.72. The van der Waals surface area contributed by atoms with Crippen LogP contribution in [0.2, 0.25) is 0 Å². The molecular weight excluding hydrogens is 494 g/mol. The highest BCUT2D eigenvalue weighted by atomic mass is 16.3. The van der Waals surface area contributed by atoms with Crippen LogP contribution in [-0.4, -0.2) is 16.0 Å². The maximum absolute atomic E-state index is 10.6. The van der Waals surface area contributed by atoms with E-state index >= 15 is 0 Å². The molecule has 0 atom stereocenters. The van der Waals surface area contributed by atoms with Gasteiger partial charge in [-0.15, -0.1) is 0 Å². The van der Waals surface area contributed by atoms with Crippen LogP contribution in [-0.2, 0) is 0 Å². The zero-order valence-electron chi connectivity index (χ0n) is 21.8. The first-order valence-corrected chi connectivity index (χ1v) is 12.9. The molecule has 40 heavy (non-hydrogen) atoms. The van der Waals surface area contributed by atoms with Gasteiger partial charge in [0.1, 0.15) is 17.8 Å². The normalized spacial score (nSPS) is 11.1. The Bertz CT molecular complexity index is 1900. The lowest BCUT2D eigenvalue weighted by molar-refractivity contribution is -0.573. The van der Waals surface area contributed by atoms with Crippen LogP contribution in [0.3, 0.4) is 0 Å². The number of hydrogen-bond donors (Lipinski definition) is 1. The van der Waals surface area contributed by atoms with Gasteiger partial charge in [0.05, 0.1) is 28.5 Å². The van der Waals surface area contributed by atoms with Gasteiger partial charge in [-0.2, -0.15) is 5.26 Å². The van der Waals surface area contributed by atoms with Crippen LogP contribution in [0.4, 0.5) is 17.1 Å². The van der Waals surface area contributed by atoms with Crippen molar-refractivity contribution in [2.75, 3.05) is 4.90 Å². The summed E-state index contributed by atoms with van der Waals surface area (Å²) < 4.78 is 3.73. The van der Waals surface area contributed by atoms with Crippen molar-refractivity contribution in [3.05, 3.63) is 139 Å². The van der Waals surface area contributed by atoms with Crippen LogP contribution < -0.4 is 9.47 Å². The third kappa shape index (κ3) is 4.68. The van der Waals surface area contributed by atoms with Gasteiger partial charge in [-0.1, -0.05) is 60.7 Å². The first-order chi connectivity index (χ1) is 19.6. The molecule has 0 aliphatic carbocycles. The van der Waals surface area contributed by atoms with E-state index in [-0.39, 0.29) is 5.75 Å². The van der Waals surface area contributed by atoms with Gasteiger partial charge >= 0.3 is 0 Å². The SMILES string of the molecule is Cc1ccccc1N(C=Nc1ccccc1)c1cccc(-n2[c-][n+](-c3ccccc3O)c3ccc(C#N)cc32)c1. The predicted molar refractivity (Wildman–Crippen MR) is 158 cm³/mol. The number of para-hydroxylation sites is 4. The molecule has 6 nitrogen and oxygen atoms in total. The second kappa shape index (κ2) is 10.6. The Morgan fingerprint density at radius 2 is 1.65 bits per heavy atom. The van der Waals surface area contributed by atoms with Gasteiger partial charge in [0.25, 0.3) is 6.33 Å². The minimum Gasteiger partial charge on any atom is -0.511 e. The molecule has 5 aromatic carbocycles. The highest BCUT2D eigenvalue weighted by molar-refractivity contribution is 5.92. The van der Waals surface area contributed by atoms with Gasteiger partial charge in [0.15, 0.2) is 0 Å². The quantitative estimate of drug-likeness (QED) is 0.111. The number of aryl methyl sites for hydroxylation is 1. The molecule has 6 rings (SSSR count). The van der Waals surface area contributed by atoms with Crippen molar-refractivity contribution in [1.29, 1.82) is 5.26 Å². The summed E-state index contributed by atoms with van der Waals surface area (Å²) in [6.45, 7) is 2.08. The Labute approximate surface area is 232 Å². The number of benzene rings is 5. The molecule has 1 N–H and O–H groups in total. The molecule has 0 fully saturated rings. The average molecular weight is 520 g/mol. The van der Waals surface area contributed by atoms with Crippen LogP contribution in [0.15, 0.2) is 126 Å². The van der Waals surface area contributed by atoms with Crippen molar-refractivity contribution >= 4 is 34.4 Å². The Kier molecular flexibility index (Phi) is 6.53. The van der Waals surface area contributed by atoms with E-state index in [0.29, 0.717) is 11.3 Å². The molecule has 1 heterocycles. The lowest BCUT2D eigenvalue weighted by atomic mass is 10.1. The largest absolute Gasteiger partial charge is 0.511 e. The number of rotatable bonds is 6. The molecule has 0 saturated carbocycles. The lowest BCUT2D eigenvalue weighted by Crippen LogP contribution is -2.29. The Morgan fingerprint density at radius 1 is 0.875 bits per heavy atom. The fraction of sp³-hybridized carbons (Fsp3) is 0.0294. The van der Waals surface area contributed by atoms with E-state index < -0.39 is 0 Å². The van der Waals surface area contributed by atoms with E-state index in [0.717, 1.165) is 39.3 Å². The summed E-state index contributed by atoms with van der Waals surface area (Å²) in [6.07, 6.45) is 5.24. The minimum atomic E-state index is 0.142. The number of aromatic nitrogens is 2. The van der Waals surface area contributed by atoms with Crippen molar-refractivity contribution in [2.24, 2.45) is 4.99 Å². The molecule has 0 aliphatic rings. The van der Waals surface area contributed by atoms with Crippen molar-refractivity contribution in [2.45, 2.75) is 6.92 Å². The summed E-state index contributed by atoms with van der Waals surface area (Å²) >= 11 is 0. The van der Waals surface area contributed by atoms with E-state index in [1.807, 2.05) is 100 Å². The van der Waals surface area contributed by atoms with Crippen LogP contribution in [0.5, 0.6) is 5.75 Å². The molecule has 0 bridgehead atoms. The topological polar surface area (TPSA) is 68.4 Å². The molecule has 6 aromatic rings. The Morgan fingerprint density at radius 3 is 2.45 bits per heavy atom. The molecule has 6 heteroatoms. The monoisotopic (exact) mass is 519 g/mol. The molecule has 0 saturated heterocycles. The maximum Gasteiger partial charge on any atom is 0.269 e. The highest BCUT2D eigenvalue weighted by Crippen LogP contribution is 2.30. The third-order valence-electron chi connectivity index (χ3n) is 6.73. The number of imidazole rings is 1. The van der Waals surface area contributed by atoms with Gasteiger partial charge < -0.3 is 10.0 Å². The number of anilines is 2. The number of nitriles is 1. The summed E-state index contributed by atoms with van der Waals surface area (Å²) in [5, 5.41) is 20.2. The van der Waals surface area contributed by atoms with E-state index in [1.165, 1.54) is 0 Å². The smallest absolute Gasteiger partial charge is 0.269 e. The Balaban J connectivity index is 1.52. The summed E-state index contributed by atoms with van der Waals surface area (Å²) in [5.41, 5.74) is 7.48. The molecule has 0 radical (unpaired) electrons. The van der Waals surface area contributed by atoms with E-state index in [4.69, 9.17) is 4.99 Å². The number of aliphatic imine (C=N–C) groups is 1. The van der Waals surface area contributed by atoms with E-state index in [2.05, 4.69) is 42.4 Å². The minimum absolute atomic E-state index is 0.142. The first-order valence-electron chi connectivity index (χ1n) is 12.9. The van der Waals surface area contributed by atoms with E-state index in [1.54, 1.807) is 18.2 Å². The lowest BCUT2D eigenvalue weighted by Gasteiger charge is -2.23. The molecular formula is C34H25N5O. The van der Waals surface area contributed by atoms with Crippen molar-refractivity contribution in [3.8, 4) is 23.2 Å². The number of phenolic OH excluding ortho intramolecular Hbond substituents is 1. The summed E-state index contributed by atoms with van der Waals surface area (Å²) in [6, 6.07) is 41.0. The van der Waals surface area contributed by atoms with Gasteiger partial charge in [-0.25, -0.2) is 4.99 Å². The molecule has 0 spiro atoms. The summed E-state index contributed by atoms with van der Waals surface area (Å²) in [4.78, 5) is 6.81. The van der Waals surface area contributed by atoms with Crippen molar-refractivity contribution in [3.63, 3.8) is 0 Å². The standard InChI is InChI=1S/C34H25N5O/c1-25-10-5-6-15-30(25)37(23-36-27-11-3-2-4-12-27)28-13-9-14-29(21-28)38-24-39(32-16-7-8-17-34(32)40)31-19-18-26(22-35)20-33(31)38/h2-21,23,40H,1H3. The van der Waals surface area contributed by atoms with Gasteiger partial charge in [0.2, 0.25) is 0 Å². The van der Waals surface area contributed by atoms with E-state index in [9.17, 15) is 10.4 Å². The molecule has 0 aliphatic heterocycles. The van der Waals surface area contributed by atoms with Crippen LogP contribution in [0, 0.1) is 24.6 Å². The average Bonchev–Trinajstić information content (AvgIpc) is 3.37. The van der Waals surface area contributed by atoms with Gasteiger partial charge in [0, 0.05) is 16.9 Å². The molecule has 0 amide bonds. The summed E-state index contributed by atoms with van der Waals surface area (Å²) in [5.74, 6) is 0.142. The van der Waals surface area contributed by atoms with Crippen LogP contribution in [0.25, 0.3) is 22.4 Å². The zero-order valence-corrected chi connectivity index (χ0v) is 21.8. The first kappa shape index (κ1) is 24.7. The number of nitrogens with zero attached hydrogens (tertiary/aromatic N) is 5. The van der Waals surface area contributed by atoms with Crippen molar-refractivity contribution < 1.29 is 9.67 Å². The van der Waals surface area contributed by atoms with Crippen molar-refractivity contribution in [1.82, 2.24) is 4.57 Å². The van der Waals surface area contributed by atoms with Crippen LogP contribution >= 0.6 is 0 Å². The number of fused-ring (bicyclic) bond motifs is 1. The second-order valence-electron chi connectivity index (χ2n) is 9.33. The number of aromatic hydroxyl groups is 1. The maximum atomic E-state index is 10.6. The Hall–Kier alpha value is -5.67. The highest BCUT2D eigenvalue weighted by Gasteiger charge is 2.17. The molecule has 1 aromatic heterocycles. The second-order valence-corrected chi connectivity index (χ2v) is 9.33. The zero-order chi connectivity index (χ0) is 27.5. The van der Waals surface area contributed by atoms with Crippen LogP contribution in [0.1, 0.15) is 11.1 Å². The fourth-order valence-corrected chi connectivity index (χ4v) is 4.72. The molecule has 0 unspecified atom stereocenters. The predicted octanol–water partition coefficient (Wildman–Crippen LogP) is 7.09. The number of phenols is 1. The number of hydrogen-bond acceptors (Lipinski definition) is 3. The van der Waals surface area contributed by atoms with Gasteiger partial charge in [-0.3, -0.25) is 9.13 Å². The van der Waals surface area contributed by atoms with Gasteiger partial charge in [-0.05, 0) is 73.2 Å². The summed E-state index contributed by atoms with van der Waals surface area (Å²) in [7, 11) is 0. The molecule has 192 valence electrons. The third-order valence-corrected chi connectivity index (χ3v) is 6.73.